The smallest absolute Gasteiger partial charge is 0.303 e. The number of H-pyrrole nitrogens is 1. The molecule has 0 bridgehead atoms. The van der Waals surface area contributed by atoms with Crippen LogP contribution in [0.15, 0.2) is 36.9 Å². The Kier molecular flexibility index (Phi) is 3.43. The number of hydrogen-bond donors (Lipinski definition) is 2. The summed E-state index contributed by atoms with van der Waals surface area (Å²) < 4.78 is 1.82. The fraction of sp³-hybridized carbons (Fsp3) is 0.267. The van der Waals surface area contributed by atoms with Gasteiger partial charge in [0.25, 0.3) is 0 Å². The zero-order valence-electron chi connectivity index (χ0n) is 11.7. The first kappa shape index (κ1) is 13.4. The van der Waals surface area contributed by atoms with Crippen molar-refractivity contribution in [2.45, 2.75) is 25.8 Å². The van der Waals surface area contributed by atoms with E-state index in [1.54, 1.807) is 12.4 Å². The lowest BCUT2D eigenvalue weighted by Gasteiger charge is -2.10. The minimum absolute atomic E-state index is 0.0541. The highest BCUT2D eigenvalue weighted by atomic mass is 16.4. The van der Waals surface area contributed by atoms with Crippen molar-refractivity contribution in [2.75, 3.05) is 0 Å². The summed E-state index contributed by atoms with van der Waals surface area (Å²) in [5.74, 6) is -0.780. The second-order valence-electron chi connectivity index (χ2n) is 5.09. The monoisotopic (exact) mass is 284 g/mol. The molecule has 0 saturated heterocycles. The summed E-state index contributed by atoms with van der Waals surface area (Å²) in [5.41, 5.74) is 2.92. The van der Waals surface area contributed by atoms with Gasteiger partial charge in [0.05, 0.1) is 6.20 Å². The zero-order valence-corrected chi connectivity index (χ0v) is 11.7. The molecule has 0 fully saturated rings. The summed E-state index contributed by atoms with van der Waals surface area (Å²) in [5, 5.41) is 14.2. The maximum Gasteiger partial charge on any atom is 0.303 e. The van der Waals surface area contributed by atoms with Crippen LogP contribution in [-0.4, -0.2) is 30.8 Å². The van der Waals surface area contributed by atoms with Gasteiger partial charge in [-0.2, -0.15) is 5.10 Å². The first-order chi connectivity index (χ1) is 10.1. The van der Waals surface area contributed by atoms with E-state index >= 15 is 0 Å². The van der Waals surface area contributed by atoms with E-state index in [1.165, 1.54) is 0 Å². The largest absolute Gasteiger partial charge is 0.481 e. The molecule has 3 aromatic rings. The summed E-state index contributed by atoms with van der Waals surface area (Å²) >= 11 is 0. The Morgan fingerprint density at radius 2 is 2.33 bits per heavy atom. The van der Waals surface area contributed by atoms with Crippen LogP contribution in [0.4, 0.5) is 0 Å². The standard InChI is InChI=1S/C15H16N4O2/c1-10(2-3-14(20)21)19-9-11(8-18-19)12-4-6-16-15-13(12)5-7-17-15/h4-10H,2-3H2,1H3,(H,16,17)(H,20,21). The summed E-state index contributed by atoms with van der Waals surface area (Å²) in [6.07, 6.45) is 8.09. The number of aromatic amines is 1. The second kappa shape index (κ2) is 5.40. The van der Waals surface area contributed by atoms with Crippen LogP contribution in [0.5, 0.6) is 0 Å². The molecule has 0 saturated carbocycles. The van der Waals surface area contributed by atoms with Gasteiger partial charge in [0.15, 0.2) is 0 Å². The molecule has 6 nitrogen and oxygen atoms in total. The zero-order chi connectivity index (χ0) is 14.8. The lowest BCUT2D eigenvalue weighted by molar-refractivity contribution is -0.137. The number of hydrogen-bond acceptors (Lipinski definition) is 3. The predicted octanol–water partition coefficient (Wildman–Crippen LogP) is 2.85. The van der Waals surface area contributed by atoms with E-state index in [1.807, 2.05) is 36.1 Å². The second-order valence-corrected chi connectivity index (χ2v) is 5.09. The number of pyridine rings is 1. The van der Waals surface area contributed by atoms with E-state index in [4.69, 9.17) is 5.11 Å². The minimum atomic E-state index is -0.780. The molecular weight excluding hydrogens is 268 g/mol. The Morgan fingerprint density at radius 1 is 1.48 bits per heavy atom. The molecule has 2 N–H and O–H groups in total. The predicted molar refractivity (Wildman–Crippen MR) is 78.9 cm³/mol. The number of aliphatic carboxylic acids is 1. The van der Waals surface area contributed by atoms with Crippen LogP contribution in [0.3, 0.4) is 0 Å². The molecule has 0 aromatic carbocycles. The van der Waals surface area contributed by atoms with Crippen molar-refractivity contribution in [3.05, 3.63) is 36.9 Å². The SMILES string of the molecule is CC(CCC(=O)O)n1cc(-c2ccnc3[nH]ccc23)cn1. The molecule has 6 heteroatoms. The van der Waals surface area contributed by atoms with Gasteiger partial charge in [-0.15, -0.1) is 0 Å². The maximum absolute atomic E-state index is 10.6. The van der Waals surface area contributed by atoms with E-state index < -0.39 is 5.97 Å². The first-order valence-corrected chi connectivity index (χ1v) is 6.83. The number of nitrogens with zero attached hydrogens (tertiary/aromatic N) is 3. The van der Waals surface area contributed by atoms with Crippen LogP contribution in [0.1, 0.15) is 25.8 Å². The van der Waals surface area contributed by atoms with Crippen LogP contribution in [0.2, 0.25) is 0 Å². The van der Waals surface area contributed by atoms with Crippen molar-refractivity contribution in [2.24, 2.45) is 0 Å². The van der Waals surface area contributed by atoms with Crippen molar-refractivity contribution in [1.29, 1.82) is 0 Å². The highest BCUT2D eigenvalue weighted by Crippen LogP contribution is 2.27. The third kappa shape index (κ3) is 2.65. The Balaban J connectivity index is 1.88. The third-order valence-corrected chi connectivity index (χ3v) is 3.60. The van der Waals surface area contributed by atoms with Gasteiger partial charge in [-0.3, -0.25) is 9.48 Å². The average molecular weight is 284 g/mol. The molecular formula is C15H16N4O2. The number of nitrogens with one attached hydrogen (secondary N) is 1. The van der Waals surface area contributed by atoms with Crippen molar-refractivity contribution >= 4 is 17.0 Å². The Hall–Kier alpha value is -2.63. The number of carboxylic acid groups (broad SMARTS) is 1. The summed E-state index contributed by atoms with van der Waals surface area (Å²) in [6, 6.07) is 4.00. The molecule has 0 spiro atoms. The number of aromatic nitrogens is 4. The fourth-order valence-corrected chi connectivity index (χ4v) is 2.40. The molecule has 0 aliphatic rings. The Morgan fingerprint density at radius 3 is 3.14 bits per heavy atom. The van der Waals surface area contributed by atoms with Gasteiger partial charge in [0.2, 0.25) is 0 Å². The lowest BCUT2D eigenvalue weighted by Crippen LogP contribution is -2.07. The Bertz CT molecular complexity index is 775. The van der Waals surface area contributed by atoms with Gasteiger partial charge in [-0.1, -0.05) is 0 Å². The van der Waals surface area contributed by atoms with E-state index in [0.717, 1.165) is 22.2 Å². The van der Waals surface area contributed by atoms with Crippen molar-refractivity contribution in [3.63, 3.8) is 0 Å². The van der Waals surface area contributed by atoms with Crippen LogP contribution in [0, 0.1) is 0 Å². The van der Waals surface area contributed by atoms with Crippen LogP contribution >= 0.6 is 0 Å². The topological polar surface area (TPSA) is 83.8 Å². The molecule has 0 radical (unpaired) electrons. The van der Waals surface area contributed by atoms with Crippen molar-refractivity contribution in [1.82, 2.24) is 19.7 Å². The number of carbonyl (C=O) groups is 1. The molecule has 3 rings (SSSR count). The quantitative estimate of drug-likeness (QED) is 0.754. The fourth-order valence-electron chi connectivity index (χ4n) is 2.40. The average Bonchev–Trinajstić information content (AvgIpc) is 3.12. The van der Waals surface area contributed by atoms with Crippen LogP contribution < -0.4 is 0 Å². The van der Waals surface area contributed by atoms with Gasteiger partial charge in [0, 0.05) is 42.0 Å². The molecule has 21 heavy (non-hydrogen) atoms. The number of carboxylic acids is 1. The van der Waals surface area contributed by atoms with Gasteiger partial charge >= 0.3 is 5.97 Å². The summed E-state index contributed by atoms with van der Waals surface area (Å²) in [4.78, 5) is 18.0. The van der Waals surface area contributed by atoms with E-state index in [9.17, 15) is 4.79 Å². The molecule has 1 unspecified atom stereocenters. The number of rotatable bonds is 5. The lowest BCUT2D eigenvalue weighted by atomic mass is 10.1. The molecule has 3 heterocycles. The molecule has 0 amide bonds. The van der Waals surface area contributed by atoms with Crippen molar-refractivity contribution < 1.29 is 9.90 Å². The van der Waals surface area contributed by atoms with Crippen LogP contribution in [0.25, 0.3) is 22.2 Å². The molecule has 0 aliphatic heterocycles. The minimum Gasteiger partial charge on any atom is -0.481 e. The Labute approximate surface area is 121 Å². The summed E-state index contributed by atoms with van der Waals surface area (Å²) in [6.45, 7) is 1.97. The van der Waals surface area contributed by atoms with E-state index in [-0.39, 0.29) is 12.5 Å². The normalized spacial score (nSPS) is 12.6. The van der Waals surface area contributed by atoms with E-state index in [2.05, 4.69) is 15.1 Å². The van der Waals surface area contributed by atoms with Crippen molar-refractivity contribution in [3.8, 4) is 11.1 Å². The molecule has 0 aliphatic carbocycles. The summed E-state index contributed by atoms with van der Waals surface area (Å²) in [7, 11) is 0. The third-order valence-electron chi connectivity index (χ3n) is 3.60. The van der Waals surface area contributed by atoms with Gasteiger partial charge in [-0.05, 0) is 31.0 Å². The number of fused-ring (bicyclic) bond motifs is 1. The van der Waals surface area contributed by atoms with Gasteiger partial charge < -0.3 is 10.1 Å². The maximum atomic E-state index is 10.6. The molecule has 3 aromatic heterocycles. The highest BCUT2D eigenvalue weighted by Gasteiger charge is 2.11. The van der Waals surface area contributed by atoms with Gasteiger partial charge in [-0.25, -0.2) is 4.98 Å². The molecule has 108 valence electrons. The van der Waals surface area contributed by atoms with E-state index in [0.29, 0.717) is 6.42 Å². The molecule has 1 atom stereocenters. The first-order valence-electron chi connectivity index (χ1n) is 6.83. The van der Waals surface area contributed by atoms with Gasteiger partial charge in [0.1, 0.15) is 5.65 Å². The highest BCUT2D eigenvalue weighted by molar-refractivity contribution is 5.92. The van der Waals surface area contributed by atoms with Crippen LogP contribution in [-0.2, 0) is 4.79 Å².